The van der Waals surface area contributed by atoms with Crippen LogP contribution in [-0.4, -0.2) is 12.1 Å². The van der Waals surface area contributed by atoms with E-state index >= 15 is 0 Å². The van der Waals surface area contributed by atoms with Crippen LogP contribution >= 0.6 is 0 Å². The van der Waals surface area contributed by atoms with Gasteiger partial charge in [0.1, 0.15) is 12.4 Å². The summed E-state index contributed by atoms with van der Waals surface area (Å²) in [5.41, 5.74) is 1.31. The van der Waals surface area contributed by atoms with E-state index in [4.69, 9.17) is 9.15 Å². The fourth-order valence-electron chi connectivity index (χ4n) is 1.38. The summed E-state index contributed by atoms with van der Waals surface area (Å²) in [6.07, 6.45) is 4.08. The second-order valence-electron chi connectivity index (χ2n) is 5.43. The van der Waals surface area contributed by atoms with Gasteiger partial charge in [0.05, 0.1) is 6.26 Å². The predicted octanol–water partition coefficient (Wildman–Crippen LogP) is 3.48. The Morgan fingerprint density at radius 1 is 1.35 bits per heavy atom. The third kappa shape index (κ3) is 6.49. The zero-order valence-electron chi connectivity index (χ0n) is 11.5. The Labute approximate surface area is 105 Å². The van der Waals surface area contributed by atoms with Crippen molar-refractivity contribution in [2.24, 2.45) is 0 Å². The van der Waals surface area contributed by atoms with Gasteiger partial charge in [-0.1, -0.05) is 13.3 Å². The average Bonchev–Trinajstić information content (AvgIpc) is 2.69. The molecule has 0 aliphatic rings. The maximum atomic E-state index is 5.50. The van der Waals surface area contributed by atoms with Gasteiger partial charge in [0.25, 0.3) is 0 Å². The molecule has 1 aromatic rings. The molecule has 1 N–H and O–H groups in total. The summed E-state index contributed by atoms with van der Waals surface area (Å²) in [4.78, 5) is 0. The van der Waals surface area contributed by atoms with Crippen molar-refractivity contribution in [3.05, 3.63) is 23.7 Å². The van der Waals surface area contributed by atoms with Crippen molar-refractivity contribution in [3.63, 3.8) is 0 Å². The van der Waals surface area contributed by atoms with Gasteiger partial charge in [-0.15, -0.1) is 0 Å². The van der Waals surface area contributed by atoms with E-state index < -0.39 is 0 Å². The van der Waals surface area contributed by atoms with Crippen LogP contribution in [0.4, 0.5) is 0 Å². The average molecular weight is 239 g/mol. The first-order valence-corrected chi connectivity index (χ1v) is 6.40. The van der Waals surface area contributed by atoms with Gasteiger partial charge >= 0.3 is 0 Å². The van der Waals surface area contributed by atoms with Gasteiger partial charge in [-0.3, -0.25) is 0 Å². The van der Waals surface area contributed by atoms with E-state index in [2.05, 4.69) is 39.1 Å². The van der Waals surface area contributed by atoms with Crippen molar-refractivity contribution in [3.8, 4) is 0 Å². The molecule has 0 saturated heterocycles. The molecule has 0 aliphatic carbocycles. The highest BCUT2D eigenvalue weighted by atomic mass is 16.5. The van der Waals surface area contributed by atoms with E-state index in [1.807, 2.05) is 0 Å². The van der Waals surface area contributed by atoms with Gasteiger partial charge in [0.2, 0.25) is 0 Å². The Balaban J connectivity index is 2.28. The van der Waals surface area contributed by atoms with Gasteiger partial charge < -0.3 is 14.5 Å². The van der Waals surface area contributed by atoms with Crippen LogP contribution in [0.5, 0.6) is 0 Å². The summed E-state index contributed by atoms with van der Waals surface area (Å²) in [7, 11) is 0. The van der Waals surface area contributed by atoms with Crippen LogP contribution in [0.25, 0.3) is 0 Å². The highest BCUT2D eigenvalue weighted by Crippen LogP contribution is 2.11. The normalized spacial score (nSPS) is 12.0. The maximum absolute atomic E-state index is 5.50. The lowest BCUT2D eigenvalue weighted by Crippen LogP contribution is -2.34. The van der Waals surface area contributed by atoms with Crippen molar-refractivity contribution >= 4 is 0 Å². The number of rotatable bonds is 7. The lowest BCUT2D eigenvalue weighted by molar-refractivity contribution is 0.104. The van der Waals surface area contributed by atoms with Crippen molar-refractivity contribution in [1.29, 1.82) is 0 Å². The molecule has 17 heavy (non-hydrogen) atoms. The van der Waals surface area contributed by atoms with E-state index in [9.17, 15) is 0 Å². The second kappa shape index (κ2) is 6.82. The molecular weight excluding hydrogens is 214 g/mol. The topological polar surface area (TPSA) is 34.4 Å². The third-order valence-corrected chi connectivity index (χ3v) is 2.42. The Morgan fingerprint density at radius 3 is 2.76 bits per heavy atom. The molecule has 0 aliphatic heterocycles. The first-order valence-electron chi connectivity index (χ1n) is 6.40. The molecule has 0 aromatic carbocycles. The summed E-state index contributed by atoms with van der Waals surface area (Å²) in [5.74, 6) is 0.909. The summed E-state index contributed by atoms with van der Waals surface area (Å²) >= 11 is 0. The van der Waals surface area contributed by atoms with Crippen molar-refractivity contribution < 1.29 is 9.15 Å². The highest BCUT2D eigenvalue weighted by molar-refractivity contribution is 5.12. The van der Waals surface area contributed by atoms with Crippen LogP contribution in [0, 0.1) is 0 Å². The van der Waals surface area contributed by atoms with Crippen molar-refractivity contribution in [1.82, 2.24) is 5.32 Å². The monoisotopic (exact) mass is 239 g/mol. The summed E-state index contributed by atoms with van der Waals surface area (Å²) < 4.78 is 10.9. The SMILES string of the molecule is CCCCOCc1cc(CNC(C)(C)C)co1. The number of hydrogen-bond acceptors (Lipinski definition) is 3. The van der Waals surface area contributed by atoms with Gasteiger partial charge in [-0.2, -0.15) is 0 Å². The molecule has 1 rings (SSSR count). The van der Waals surface area contributed by atoms with Gasteiger partial charge in [0.15, 0.2) is 0 Å². The van der Waals surface area contributed by atoms with E-state index in [-0.39, 0.29) is 5.54 Å². The van der Waals surface area contributed by atoms with Gasteiger partial charge in [-0.25, -0.2) is 0 Å². The van der Waals surface area contributed by atoms with Crippen LogP contribution in [0.1, 0.15) is 51.9 Å². The van der Waals surface area contributed by atoms with E-state index in [0.717, 1.165) is 25.3 Å². The van der Waals surface area contributed by atoms with Crippen LogP contribution in [0.15, 0.2) is 16.7 Å². The van der Waals surface area contributed by atoms with Crippen molar-refractivity contribution in [2.75, 3.05) is 6.61 Å². The Hall–Kier alpha value is -0.800. The largest absolute Gasteiger partial charge is 0.467 e. The summed E-state index contributed by atoms with van der Waals surface area (Å²) in [6.45, 7) is 10.8. The van der Waals surface area contributed by atoms with E-state index in [1.165, 1.54) is 12.0 Å². The molecule has 3 nitrogen and oxygen atoms in total. The second-order valence-corrected chi connectivity index (χ2v) is 5.43. The zero-order valence-corrected chi connectivity index (χ0v) is 11.5. The minimum absolute atomic E-state index is 0.134. The third-order valence-electron chi connectivity index (χ3n) is 2.42. The molecular formula is C14H25NO2. The molecule has 0 amide bonds. The first-order chi connectivity index (χ1) is 8.01. The zero-order chi connectivity index (χ0) is 12.7. The highest BCUT2D eigenvalue weighted by Gasteiger charge is 2.09. The van der Waals surface area contributed by atoms with Crippen LogP contribution in [0.3, 0.4) is 0 Å². The Kier molecular flexibility index (Phi) is 5.72. The molecule has 0 unspecified atom stereocenters. The van der Waals surface area contributed by atoms with Crippen LogP contribution in [-0.2, 0) is 17.9 Å². The van der Waals surface area contributed by atoms with Crippen LogP contribution < -0.4 is 5.32 Å². The molecule has 3 heteroatoms. The van der Waals surface area contributed by atoms with Crippen molar-refractivity contribution in [2.45, 2.75) is 59.2 Å². The lowest BCUT2D eigenvalue weighted by Gasteiger charge is -2.19. The number of unbranched alkanes of at least 4 members (excludes halogenated alkanes) is 1. The first kappa shape index (κ1) is 14.3. The fraction of sp³-hybridized carbons (Fsp3) is 0.714. The number of nitrogens with one attached hydrogen (secondary N) is 1. The lowest BCUT2D eigenvalue weighted by atomic mass is 10.1. The molecule has 0 fully saturated rings. The molecule has 1 aromatic heterocycles. The number of furan rings is 1. The molecule has 0 atom stereocenters. The smallest absolute Gasteiger partial charge is 0.129 e. The quantitative estimate of drug-likeness (QED) is 0.740. The molecule has 98 valence electrons. The molecule has 1 heterocycles. The maximum Gasteiger partial charge on any atom is 0.129 e. The summed E-state index contributed by atoms with van der Waals surface area (Å²) in [6, 6.07) is 2.06. The Bertz CT molecular complexity index is 312. The number of ether oxygens (including phenoxy) is 1. The molecule has 0 spiro atoms. The summed E-state index contributed by atoms with van der Waals surface area (Å²) in [5, 5.41) is 3.43. The predicted molar refractivity (Wildman–Crippen MR) is 69.9 cm³/mol. The van der Waals surface area contributed by atoms with Gasteiger partial charge in [-0.05, 0) is 33.3 Å². The standard InChI is InChI=1S/C14H25NO2/c1-5-6-7-16-11-13-8-12(10-17-13)9-15-14(2,3)4/h8,10,15H,5-7,9,11H2,1-4H3. The minimum Gasteiger partial charge on any atom is -0.467 e. The van der Waals surface area contributed by atoms with E-state index in [0.29, 0.717) is 6.61 Å². The Morgan fingerprint density at radius 2 is 2.12 bits per heavy atom. The molecule has 0 bridgehead atoms. The van der Waals surface area contributed by atoms with E-state index in [1.54, 1.807) is 6.26 Å². The molecule has 0 radical (unpaired) electrons. The number of hydrogen-bond donors (Lipinski definition) is 1. The minimum atomic E-state index is 0.134. The fourth-order valence-corrected chi connectivity index (χ4v) is 1.38. The van der Waals surface area contributed by atoms with Crippen LogP contribution in [0.2, 0.25) is 0 Å². The van der Waals surface area contributed by atoms with Gasteiger partial charge in [0, 0.05) is 24.3 Å². The molecule has 0 saturated carbocycles.